The van der Waals surface area contributed by atoms with E-state index in [1.54, 1.807) is 37.4 Å². The molecule has 180 valence electrons. The molecule has 1 aliphatic rings. The van der Waals surface area contributed by atoms with Crippen molar-refractivity contribution in [3.63, 3.8) is 0 Å². The third-order valence-corrected chi connectivity index (χ3v) is 6.31. The number of rotatable bonds is 10. The number of carbonyl (C=O) groups is 3. The van der Waals surface area contributed by atoms with Crippen molar-refractivity contribution >= 4 is 40.9 Å². The van der Waals surface area contributed by atoms with Gasteiger partial charge in [-0.1, -0.05) is 35.5 Å². The van der Waals surface area contributed by atoms with Gasteiger partial charge in [-0.15, -0.1) is 0 Å². The van der Waals surface area contributed by atoms with Crippen LogP contribution in [0.15, 0.2) is 86.8 Å². The van der Waals surface area contributed by atoms with Crippen molar-refractivity contribution in [2.45, 2.75) is 18.2 Å². The Morgan fingerprint density at radius 1 is 1.03 bits per heavy atom. The smallest absolute Gasteiger partial charge is 0.291 e. The molecule has 35 heavy (non-hydrogen) atoms. The number of aryl methyl sites for hydroxylation is 1. The molecule has 0 fully saturated rings. The Bertz CT molecular complexity index is 1250. The number of ether oxygens (including phenoxy) is 1. The van der Waals surface area contributed by atoms with E-state index >= 15 is 0 Å². The number of amides is 3. The number of nitrogens with one attached hydrogen (secondary N) is 2. The lowest BCUT2D eigenvalue weighted by Crippen LogP contribution is -2.33. The van der Waals surface area contributed by atoms with Crippen LogP contribution in [-0.4, -0.2) is 42.9 Å². The molecule has 0 radical (unpaired) electrons. The van der Waals surface area contributed by atoms with E-state index in [2.05, 4.69) is 10.6 Å². The molecule has 2 N–H and O–H groups in total. The van der Waals surface area contributed by atoms with Crippen LogP contribution >= 0.6 is 11.8 Å². The van der Waals surface area contributed by atoms with Crippen LogP contribution in [0.4, 0.5) is 11.4 Å². The first-order valence-corrected chi connectivity index (χ1v) is 11.8. The monoisotopic (exact) mass is 491 g/mol. The third kappa shape index (κ3) is 5.82. The van der Waals surface area contributed by atoms with Crippen LogP contribution in [0.25, 0.3) is 0 Å². The molecule has 1 aliphatic heterocycles. The molecule has 0 aliphatic carbocycles. The topological polar surface area (TPSA) is 101 Å². The van der Waals surface area contributed by atoms with Crippen molar-refractivity contribution in [1.29, 1.82) is 0 Å². The Hall–Kier alpha value is -3.82. The number of hydrogen-bond acceptors (Lipinski definition) is 7. The Labute approximate surface area is 207 Å². The molecule has 3 amide bonds. The summed E-state index contributed by atoms with van der Waals surface area (Å²) in [6, 6.07) is 17.9. The molecule has 9 heteroatoms. The normalized spacial score (nSPS) is 13.5. The number of hydrogen-bond donors (Lipinski definition) is 2. The van der Waals surface area contributed by atoms with Gasteiger partial charge in [0.2, 0.25) is 0 Å². The second-order valence-electron chi connectivity index (χ2n) is 7.86. The van der Waals surface area contributed by atoms with Gasteiger partial charge in [0.15, 0.2) is 5.76 Å². The van der Waals surface area contributed by atoms with Crippen molar-refractivity contribution in [2.24, 2.45) is 0 Å². The SMILES string of the molecule is COCCCN1C(=O)C(Nc2ccc(C)cc2)=C(Sc2cccc(NC(=O)c3ccco3)c2)C1=O. The van der Waals surface area contributed by atoms with Crippen molar-refractivity contribution in [3.05, 3.63) is 88.9 Å². The van der Waals surface area contributed by atoms with Gasteiger partial charge in [0.05, 0.1) is 6.26 Å². The zero-order chi connectivity index (χ0) is 24.8. The summed E-state index contributed by atoms with van der Waals surface area (Å²) in [7, 11) is 1.58. The predicted octanol–water partition coefficient (Wildman–Crippen LogP) is 4.66. The standard InChI is InChI=1S/C26H25N3O5S/c1-17-9-11-18(12-10-17)27-22-23(26(32)29(25(22)31)13-5-14-33-2)35-20-7-3-6-19(16-20)28-24(30)21-8-4-15-34-21/h3-4,6-12,15-16,27H,5,13-14H2,1-2H3,(H,28,30). The Morgan fingerprint density at radius 2 is 1.83 bits per heavy atom. The molecule has 2 heterocycles. The Balaban J connectivity index is 1.58. The number of methoxy groups -OCH3 is 1. The number of carbonyl (C=O) groups excluding carboxylic acids is 3. The minimum absolute atomic E-state index is 0.193. The van der Waals surface area contributed by atoms with E-state index in [9.17, 15) is 14.4 Å². The Kier molecular flexibility index (Phi) is 7.69. The van der Waals surface area contributed by atoms with E-state index in [-0.39, 0.29) is 35.7 Å². The van der Waals surface area contributed by atoms with Crippen LogP contribution in [0.5, 0.6) is 0 Å². The molecule has 0 saturated carbocycles. The summed E-state index contributed by atoms with van der Waals surface area (Å²) in [6.45, 7) is 2.68. The first-order valence-electron chi connectivity index (χ1n) is 11.0. The average molecular weight is 492 g/mol. The number of nitrogens with zero attached hydrogens (tertiary/aromatic N) is 1. The van der Waals surface area contributed by atoms with Gasteiger partial charge < -0.3 is 19.8 Å². The summed E-state index contributed by atoms with van der Waals surface area (Å²) >= 11 is 1.17. The first kappa shape index (κ1) is 24.3. The lowest BCUT2D eigenvalue weighted by Gasteiger charge is -2.14. The average Bonchev–Trinajstić information content (AvgIpc) is 3.46. The zero-order valence-corrected chi connectivity index (χ0v) is 20.2. The van der Waals surface area contributed by atoms with E-state index in [4.69, 9.17) is 9.15 Å². The van der Waals surface area contributed by atoms with E-state index < -0.39 is 0 Å². The molecule has 1 aromatic heterocycles. The third-order valence-electron chi connectivity index (χ3n) is 5.23. The van der Waals surface area contributed by atoms with Crippen molar-refractivity contribution < 1.29 is 23.5 Å². The molecule has 0 spiro atoms. The lowest BCUT2D eigenvalue weighted by atomic mass is 10.2. The van der Waals surface area contributed by atoms with Gasteiger partial charge in [0.25, 0.3) is 17.7 Å². The van der Waals surface area contributed by atoms with Gasteiger partial charge in [-0.25, -0.2) is 0 Å². The summed E-state index contributed by atoms with van der Waals surface area (Å²) < 4.78 is 10.2. The van der Waals surface area contributed by atoms with Crippen LogP contribution in [0, 0.1) is 6.92 Å². The van der Waals surface area contributed by atoms with E-state index in [1.165, 1.54) is 22.9 Å². The highest BCUT2D eigenvalue weighted by Crippen LogP contribution is 2.36. The van der Waals surface area contributed by atoms with E-state index in [0.29, 0.717) is 34.2 Å². The van der Waals surface area contributed by atoms with Crippen LogP contribution in [0.3, 0.4) is 0 Å². The number of thioether (sulfide) groups is 1. The molecule has 0 atom stereocenters. The highest BCUT2D eigenvalue weighted by atomic mass is 32.2. The minimum atomic E-state index is -0.380. The molecule has 0 saturated heterocycles. The second kappa shape index (κ2) is 11.1. The number of furan rings is 1. The molecular formula is C26H25N3O5S. The fourth-order valence-corrected chi connectivity index (χ4v) is 4.47. The molecule has 2 aromatic carbocycles. The van der Waals surface area contributed by atoms with Gasteiger partial charge >= 0.3 is 0 Å². The largest absolute Gasteiger partial charge is 0.459 e. The maximum atomic E-state index is 13.3. The number of anilines is 2. The van der Waals surface area contributed by atoms with Crippen molar-refractivity contribution in [1.82, 2.24) is 4.90 Å². The van der Waals surface area contributed by atoms with Crippen LogP contribution in [0.2, 0.25) is 0 Å². The van der Waals surface area contributed by atoms with Gasteiger partial charge in [-0.05, 0) is 55.8 Å². The van der Waals surface area contributed by atoms with Crippen molar-refractivity contribution in [3.8, 4) is 0 Å². The van der Waals surface area contributed by atoms with Gasteiger partial charge in [0, 0.05) is 36.5 Å². The molecule has 8 nitrogen and oxygen atoms in total. The van der Waals surface area contributed by atoms with Crippen molar-refractivity contribution in [2.75, 3.05) is 30.9 Å². The van der Waals surface area contributed by atoms with Crippen LogP contribution < -0.4 is 10.6 Å². The fraction of sp³-hybridized carbons (Fsp3) is 0.192. The maximum Gasteiger partial charge on any atom is 0.291 e. The highest BCUT2D eigenvalue weighted by Gasteiger charge is 2.38. The second-order valence-corrected chi connectivity index (χ2v) is 8.95. The molecule has 0 bridgehead atoms. The summed E-state index contributed by atoms with van der Waals surface area (Å²) in [5, 5.41) is 5.91. The summed E-state index contributed by atoms with van der Waals surface area (Å²) in [6.07, 6.45) is 1.97. The first-order chi connectivity index (χ1) is 17.0. The predicted molar refractivity (Wildman–Crippen MR) is 134 cm³/mol. The van der Waals surface area contributed by atoms with E-state index in [0.717, 1.165) is 5.56 Å². The quantitative estimate of drug-likeness (QED) is 0.314. The molecule has 0 unspecified atom stereocenters. The summed E-state index contributed by atoms with van der Waals surface area (Å²) in [4.78, 5) is 41.0. The Morgan fingerprint density at radius 3 is 2.54 bits per heavy atom. The fourth-order valence-electron chi connectivity index (χ4n) is 3.47. The number of benzene rings is 2. The minimum Gasteiger partial charge on any atom is -0.459 e. The maximum absolute atomic E-state index is 13.3. The van der Waals surface area contributed by atoms with Gasteiger partial charge in [-0.3, -0.25) is 19.3 Å². The lowest BCUT2D eigenvalue weighted by molar-refractivity contribution is -0.137. The zero-order valence-electron chi connectivity index (χ0n) is 19.4. The van der Waals surface area contributed by atoms with Crippen LogP contribution in [0.1, 0.15) is 22.5 Å². The molecule has 3 aromatic rings. The summed E-state index contributed by atoms with van der Waals surface area (Å²) in [5.41, 5.74) is 2.57. The van der Waals surface area contributed by atoms with Crippen LogP contribution in [-0.2, 0) is 14.3 Å². The van der Waals surface area contributed by atoms with E-state index in [1.807, 2.05) is 37.3 Å². The molecular weight excluding hydrogens is 466 g/mol. The highest BCUT2D eigenvalue weighted by molar-refractivity contribution is 8.04. The van der Waals surface area contributed by atoms with Gasteiger partial charge in [-0.2, -0.15) is 0 Å². The number of imide groups is 1. The van der Waals surface area contributed by atoms with Gasteiger partial charge in [0.1, 0.15) is 10.6 Å². The summed E-state index contributed by atoms with van der Waals surface area (Å²) in [5.74, 6) is -0.930. The molecule has 4 rings (SSSR count).